The Morgan fingerprint density at radius 2 is 1.43 bits per heavy atom. The Hall–Kier alpha value is -3.93. The van der Waals surface area contributed by atoms with E-state index in [1.165, 1.54) is 6.07 Å². The lowest BCUT2D eigenvalue weighted by atomic mass is 10.1. The first-order valence-electron chi connectivity index (χ1n) is 9.51. The molecule has 1 unspecified atom stereocenters. The van der Waals surface area contributed by atoms with Crippen molar-refractivity contribution in [3.8, 4) is 0 Å². The van der Waals surface area contributed by atoms with E-state index in [0.29, 0.717) is 11.3 Å². The zero-order valence-electron chi connectivity index (χ0n) is 16.5. The Kier molecular flexibility index (Phi) is 6.95. The zero-order valence-corrected chi connectivity index (χ0v) is 16.5. The predicted molar refractivity (Wildman–Crippen MR) is 114 cm³/mol. The summed E-state index contributed by atoms with van der Waals surface area (Å²) in [6.07, 6.45) is 0. The summed E-state index contributed by atoms with van der Waals surface area (Å²) in [4.78, 5) is 37.0. The van der Waals surface area contributed by atoms with E-state index in [2.05, 4.69) is 10.6 Å². The summed E-state index contributed by atoms with van der Waals surface area (Å²) in [5, 5.41) is 5.49. The second kappa shape index (κ2) is 10.0. The van der Waals surface area contributed by atoms with Crippen molar-refractivity contribution in [3.05, 3.63) is 102 Å². The van der Waals surface area contributed by atoms with Crippen LogP contribution in [0.3, 0.4) is 0 Å². The zero-order chi connectivity index (χ0) is 21.3. The third-order valence-corrected chi connectivity index (χ3v) is 4.44. The normalized spacial score (nSPS) is 11.2. The summed E-state index contributed by atoms with van der Waals surface area (Å²) in [5.41, 5.74) is 1.90. The lowest BCUT2D eigenvalue weighted by Gasteiger charge is -2.15. The van der Waals surface area contributed by atoms with Gasteiger partial charge in [-0.3, -0.25) is 9.59 Å². The number of rotatable bonds is 7. The smallest absolute Gasteiger partial charge is 0.340 e. The first-order chi connectivity index (χ1) is 14.5. The van der Waals surface area contributed by atoms with Crippen LogP contribution in [-0.2, 0) is 9.53 Å². The van der Waals surface area contributed by atoms with Crippen LogP contribution in [0.1, 0.15) is 39.2 Å². The molecule has 0 saturated carbocycles. The number of carbonyl (C=O) groups is 3. The minimum absolute atomic E-state index is 0.172. The topological polar surface area (TPSA) is 84.5 Å². The van der Waals surface area contributed by atoms with E-state index in [1.54, 1.807) is 42.5 Å². The second-order valence-electron chi connectivity index (χ2n) is 6.64. The molecule has 30 heavy (non-hydrogen) atoms. The molecule has 2 N–H and O–H groups in total. The van der Waals surface area contributed by atoms with E-state index in [0.717, 1.165) is 5.56 Å². The van der Waals surface area contributed by atoms with E-state index in [1.807, 2.05) is 43.3 Å². The number of carbonyl (C=O) groups excluding carboxylic acids is 3. The maximum atomic E-state index is 12.5. The van der Waals surface area contributed by atoms with Gasteiger partial charge in [0.15, 0.2) is 6.61 Å². The van der Waals surface area contributed by atoms with Crippen LogP contribution < -0.4 is 10.6 Å². The van der Waals surface area contributed by atoms with Crippen molar-refractivity contribution < 1.29 is 19.1 Å². The SMILES string of the molecule is CC(NC(=O)COC(=O)c1ccccc1NC(=O)c1ccccc1)c1ccccc1. The number of nitrogens with one attached hydrogen (secondary N) is 2. The van der Waals surface area contributed by atoms with Gasteiger partial charge in [-0.05, 0) is 36.8 Å². The van der Waals surface area contributed by atoms with Crippen LogP contribution in [0.25, 0.3) is 0 Å². The average molecular weight is 402 g/mol. The van der Waals surface area contributed by atoms with Gasteiger partial charge in [0.25, 0.3) is 11.8 Å². The number of anilines is 1. The fourth-order valence-electron chi connectivity index (χ4n) is 2.87. The Morgan fingerprint density at radius 1 is 0.833 bits per heavy atom. The molecule has 3 aromatic rings. The van der Waals surface area contributed by atoms with Crippen LogP contribution in [0.15, 0.2) is 84.9 Å². The lowest BCUT2D eigenvalue weighted by Crippen LogP contribution is -2.31. The molecule has 0 heterocycles. The minimum atomic E-state index is -0.693. The summed E-state index contributed by atoms with van der Waals surface area (Å²) >= 11 is 0. The minimum Gasteiger partial charge on any atom is -0.452 e. The number of hydrogen-bond acceptors (Lipinski definition) is 4. The van der Waals surface area contributed by atoms with Gasteiger partial charge in [-0.15, -0.1) is 0 Å². The monoisotopic (exact) mass is 402 g/mol. The summed E-state index contributed by atoms with van der Waals surface area (Å²) in [6, 6.07) is 24.4. The van der Waals surface area contributed by atoms with Gasteiger partial charge in [0.2, 0.25) is 0 Å². The summed E-state index contributed by atoms with van der Waals surface area (Å²) in [6.45, 7) is 1.43. The van der Waals surface area contributed by atoms with E-state index < -0.39 is 18.5 Å². The van der Waals surface area contributed by atoms with E-state index in [9.17, 15) is 14.4 Å². The summed E-state index contributed by atoms with van der Waals surface area (Å²) < 4.78 is 5.15. The summed E-state index contributed by atoms with van der Waals surface area (Å²) in [7, 11) is 0. The molecule has 3 rings (SSSR count). The maximum Gasteiger partial charge on any atom is 0.340 e. The number of hydrogen-bond donors (Lipinski definition) is 2. The first-order valence-corrected chi connectivity index (χ1v) is 9.51. The molecule has 0 spiro atoms. The molecule has 0 radical (unpaired) electrons. The van der Waals surface area contributed by atoms with Crippen LogP contribution in [0, 0.1) is 0 Å². The fraction of sp³-hybridized carbons (Fsp3) is 0.125. The van der Waals surface area contributed by atoms with Crippen LogP contribution in [0.4, 0.5) is 5.69 Å². The molecule has 0 aromatic heterocycles. The molecular weight excluding hydrogens is 380 g/mol. The Balaban J connectivity index is 1.59. The molecule has 0 aliphatic rings. The molecule has 6 heteroatoms. The standard InChI is InChI=1S/C24H22N2O4/c1-17(18-10-4-2-5-11-18)25-22(27)16-30-24(29)20-14-8-9-15-21(20)26-23(28)19-12-6-3-7-13-19/h2-15,17H,16H2,1H3,(H,25,27)(H,26,28). The van der Waals surface area contributed by atoms with E-state index in [4.69, 9.17) is 4.74 Å². The van der Waals surface area contributed by atoms with E-state index in [-0.39, 0.29) is 17.5 Å². The molecule has 2 amide bonds. The lowest BCUT2D eigenvalue weighted by molar-refractivity contribution is -0.124. The Morgan fingerprint density at radius 3 is 2.13 bits per heavy atom. The average Bonchev–Trinajstić information content (AvgIpc) is 2.79. The molecule has 152 valence electrons. The van der Waals surface area contributed by atoms with Crippen LogP contribution >= 0.6 is 0 Å². The molecule has 0 aliphatic heterocycles. The molecule has 0 fully saturated rings. The third-order valence-electron chi connectivity index (χ3n) is 4.44. The number of para-hydroxylation sites is 1. The van der Waals surface area contributed by atoms with Crippen LogP contribution in [-0.4, -0.2) is 24.4 Å². The van der Waals surface area contributed by atoms with Gasteiger partial charge in [-0.1, -0.05) is 60.7 Å². The van der Waals surface area contributed by atoms with Gasteiger partial charge in [0.05, 0.1) is 17.3 Å². The Labute approximate surface area is 174 Å². The highest BCUT2D eigenvalue weighted by molar-refractivity contribution is 6.08. The van der Waals surface area contributed by atoms with Crippen molar-refractivity contribution in [2.75, 3.05) is 11.9 Å². The molecule has 3 aromatic carbocycles. The van der Waals surface area contributed by atoms with Gasteiger partial charge in [0, 0.05) is 5.56 Å². The number of benzene rings is 3. The fourth-order valence-corrected chi connectivity index (χ4v) is 2.87. The highest BCUT2D eigenvalue weighted by atomic mass is 16.5. The van der Waals surface area contributed by atoms with Crippen molar-refractivity contribution in [2.24, 2.45) is 0 Å². The third kappa shape index (κ3) is 5.54. The highest BCUT2D eigenvalue weighted by Gasteiger charge is 2.17. The molecular formula is C24H22N2O4. The molecule has 0 aliphatic carbocycles. The molecule has 1 atom stereocenters. The second-order valence-corrected chi connectivity index (χ2v) is 6.64. The van der Waals surface area contributed by atoms with Crippen molar-refractivity contribution in [1.82, 2.24) is 5.32 Å². The largest absolute Gasteiger partial charge is 0.452 e. The quantitative estimate of drug-likeness (QED) is 0.586. The van der Waals surface area contributed by atoms with Crippen molar-refractivity contribution >= 4 is 23.5 Å². The van der Waals surface area contributed by atoms with Gasteiger partial charge in [-0.25, -0.2) is 4.79 Å². The van der Waals surface area contributed by atoms with Crippen molar-refractivity contribution in [1.29, 1.82) is 0 Å². The van der Waals surface area contributed by atoms with E-state index >= 15 is 0 Å². The van der Waals surface area contributed by atoms with Gasteiger partial charge in [-0.2, -0.15) is 0 Å². The van der Waals surface area contributed by atoms with Gasteiger partial charge >= 0.3 is 5.97 Å². The first kappa shape index (κ1) is 20.8. The predicted octanol–water partition coefficient (Wildman–Crippen LogP) is 3.97. The summed E-state index contributed by atoms with van der Waals surface area (Å²) in [5.74, 6) is -1.45. The van der Waals surface area contributed by atoms with Gasteiger partial charge in [0.1, 0.15) is 0 Å². The molecule has 6 nitrogen and oxygen atoms in total. The highest BCUT2D eigenvalue weighted by Crippen LogP contribution is 2.18. The van der Waals surface area contributed by atoms with Crippen molar-refractivity contribution in [3.63, 3.8) is 0 Å². The number of esters is 1. The number of ether oxygens (including phenoxy) is 1. The maximum absolute atomic E-state index is 12.5. The van der Waals surface area contributed by atoms with Crippen LogP contribution in [0.5, 0.6) is 0 Å². The van der Waals surface area contributed by atoms with Crippen LogP contribution in [0.2, 0.25) is 0 Å². The van der Waals surface area contributed by atoms with Crippen molar-refractivity contribution in [2.45, 2.75) is 13.0 Å². The number of amides is 2. The molecule has 0 saturated heterocycles. The molecule has 0 bridgehead atoms. The van der Waals surface area contributed by atoms with Gasteiger partial charge < -0.3 is 15.4 Å². The Bertz CT molecular complexity index is 1020.